The number of nitrogens with zero attached hydrogens (tertiary/aromatic N) is 8. The number of likely N-dealkylation sites (N-methyl/N-ethyl adjacent to an activating group) is 1. The second kappa shape index (κ2) is 8.67. The van der Waals surface area contributed by atoms with E-state index in [2.05, 4.69) is 15.1 Å². The number of anilines is 2. The third-order valence-corrected chi connectivity index (χ3v) is 6.95. The van der Waals surface area contributed by atoms with Crippen molar-refractivity contribution in [3.05, 3.63) is 59.7 Å². The molecule has 1 aliphatic carbocycles. The van der Waals surface area contributed by atoms with Crippen LogP contribution < -0.4 is 9.80 Å². The number of imidazole rings is 1. The first-order chi connectivity index (χ1) is 18.1. The summed E-state index contributed by atoms with van der Waals surface area (Å²) in [6.07, 6.45) is 2.12. The minimum absolute atomic E-state index is 0.0858. The molecule has 1 aromatic carbocycles. The molecule has 0 saturated heterocycles. The van der Waals surface area contributed by atoms with Crippen LogP contribution in [0, 0.1) is 6.92 Å². The van der Waals surface area contributed by atoms with Gasteiger partial charge in [0.05, 0.1) is 25.0 Å². The zero-order chi connectivity index (χ0) is 26.8. The second-order valence-electron chi connectivity index (χ2n) is 9.82. The number of amides is 1. The Morgan fingerprint density at radius 2 is 1.79 bits per heavy atom. The van der Waals surface area contributed by atoms with E-state index in [1.807, 2.05) is 34.8 Å². The van der Waals surface area contributed by atoms with Crippen molar-refractivity contribution in [2.24, 2.45) is 7.05 Å². The van der Waals surface area contributed by atoms with E-state index >= 15 is 0 Å². The maximum absolute atomic E-state index is 13.1. The molecule has 2 aliphatic rings. The average molecular weight is 523 g/mol. The molecule has 0 radical (unpaired) electrons. The van der Waals surface area contributed by atoms with Crippen LogP contribution in [0.15, 0.2) is 42.9 Å². The highest BCUT2D eigenvalue weighted by molar-refractivity contribution is 6.01. The minimum Gasteiger partial charge on any atom is -0.341 e. The van der Waals surface area contributed by atoms with Gasteiger partial charge in [-0.05, 0) is 30.9 Å². The zero-order valence-electron chi connectivity index (χ0n) is 21.1. The van der Waals surface area contributed by atoms with Crippen LogP contribution in [-0.2, 0) is 24.6 Å². The topological polar surface area (TPSA) is 85.0 Å². The molecule has 1 saturated carbocycles. The normalized spacial score (nSPS) is 15.8. The number of hydrogen-bond donors (Lipinski definition) is 0. The molecule has 0 spiro atoms. The number of benzene rings is 1. The Morgan fingerprint density at radius 1 is 1.05 bits per heavy atom. The van der Waals surface area contributed by atoms with Crippen molar-refractivity contribution < 1.29 is 18.0 Å². The first-order valence-corrected chi connectivity index (χ1v) is 12.2. The second-order valence-corrected chi connectivity index (χ2v) is 9.82. The number of halogens is 3. The highest BCUT2D eigenvalue weighted by atomic mass is 19.4. The van der Waals surface area contributed by atoms with Gasteiger partial charge >= 0.3 is 6.18 Å². The summed E-state index contributed by atoms with van der Waals surface area (Å²) >= 11 is 0. The maximum Gasteiger partial charge on any atom is 0.434 e. The average Bonchev–Trinajstić information content (AvgIpc) is 3.54. The third-order valence-electron chi connectivity index (χ3n) is 6.95. The number of hydrogen-bond acceptors (Lipinski definition) is 6. The lowest BCUT2D eigenvalue weighted by Gasteiger charge is -2.34. The van der Waals surface area contributed by atoms with Crippen molar-refractivity contribution in [2.75, 3.05) is 23.4 Å². The summed E-state index contributed by atoms with van der Waals surface area (Å²) in [7, 11) is 3.24. The van der Waals surface area contributed by atoms with E-state index in [0.29, 0.717) is 35.5 Å². The molecule has 0 N–H and O–H groups in total. The molecule has 0 unspecified atom stereocenters. The van der Waals surface area contributed by atoms with Gasteiger partial charge in [-0.1, -0.05) is 24.3 Å². The van der Waals surface area contributed by atoms with Gasteiger partial charge in [-0.3, -0.25) is 9.48 Å². The van der Waals surface area contributed by atoms with Crippen molar-refractivity contribution in [3.63, 3.8) is 0 Å². The summed E-state index contributed by atoms with van der Waals surface area (Å²) in [5, 5.41) is 4.52. The Balaban J connectivity index is 1.31. The predicted molar refractivity (Wildman–Crippen MR) is 134 cm³/mol. The number of rotatable bonds is 5. The largest absolute Gasteiger partial charge is 0.434 e. The Kier molecular flexibility index (Phi) is 5.51. The summed E-state index contributed by atoms with van der Waals surface area (Å²) in [4.78, 5) is 29.4. The lowest BCUT2D eigenvalue weighted by Crippen LogP contribution is -2.44. The van der Waals surface area contributed by atoms with Gasteiger partial charge in [0.25, 0.3) is 0 Å². The number of fused-ring (bicyclic) bond motifs is 1. The number of aryl methyl sites for hydroxylation is 2. The highest BCUT2D eigenvalue weighted by Crippen LogP contribution is 2.40. The molecule has 0 atom stereocenters. The van der Waals surface area contributed by atoms with Gasteiger partial charge < -0.3 is 14.4 Å². The van der Waals surface area contributed by atoms with E-state index < -0.39 is 11.9 Å². The lowest BCUT2D eigenvalue weighted by atomic mass is 10.1. The molecule has 0 bridgehead atoms. The zero-order valence-corrected chi connectivity index (χ0v) is 21.1. The molecule has 1 fully saturated rings. The van der Waals surface area contributed by atoms with Crippen molar-refractivity contribution >= 4 is 17.4 Å². The molecule has 38 heavy (non-hydrogen) atoms. The Hall–Kier alpha value is -4.22. The summed E-state index contributed by atoms with van der Waals surface area (Å²) in [6.45, 7) is 2.51. The number of carbonyl (C=O) groups is 1. The van der Waals surface area contributed by atoms with Crippen LogP contribution in [0.25, 0.3) is 22.9 Å². The molecule has 1 aliphatic heterocycles. The van der Waals surface area contributed by atoms with Gasteiger partial charge in [-0.25, -0.2) is 15.0 Å². The van der Waals surface area contributed by atoms with E-state index in [-0.39, 0.29) is 18.3 Å². The molecule has 4 aromatic rings. The molecular weight excluding hydrogens is 497 g/mol. The van der Waals surface area contributed by atoms with Crippen LogP contribution in [0.5, 0.6) is 0 Å². The molecule has 6 rings (SSSR count). The van der Waals surface area contributed by atoms with Crippen LogP contribution in [-0.4, -0.2) is 48.8 Å². The molecule has 3 aromatic heterocycles. The predicted octanol–water partition coefficient (Wildman–Crippen LogP) is 4.39. The Labute approximate surface area is 216 Å². The summed E-state index contributed by atoms with van der Waals surface area (Å²) < 4.78 is 42.6. The minimum atomic E-state index is -4.51. The fourth-order valence-electron chi connectivity index (χ4n) is 4.73. The van der Waals surface area contributed by atoms with Crippen LogP contribution in [0.1, 0.15) is 35.7 Å². The van der Waals surface area contributed by atoms with Crippen molar-refractivity contribution in [3.8, 4) is 22.9 Å². The van der Waals surface area contributed by atoms with Crippen molar-refractivity contribution in [2.45, 2.75) is 38.5 Å². The Morgan fingerprint density at radius 3 is 2.45 bits per heavy atom. The van der Waals surface area contributed by atoms with Gasteiger partial charge in [0.1, 0.15) is 17.2 Å². The van der Waals surface area contributed by atoms with Gasteiger partial charge in [-0.2, -0.15) is 18.3 Å². The lowest BCUT2D eigenvalue weighted by molar-refractivity contribution is -0.140. The smallest absolute Gasteiger partial charge is 0.341 e. The van der Waals surface area contributed by atoms with Crippen molar-refractivity contribution in [1.29, 1.82) is 0 Å². The van der Waals surface area contributed by atoms with E-state index in [1.165, 1.54) is 11.6 Å². The van der Waals surface area contributed by atoms with E-state index in [1.54, 1.807) is 30.3 Å². The van der Waals surface area contributed by atoms with Gasteiger partial charge in [0.15, 0.2) is 17.3 Å². The van der Waals surface area contributed by atoms with Gasteiger partial charge in [0, 0.05) is 32.4 Å². The first kappa shape index (κ1) is 24.1. The Bertz CT molecular complexity index is 1540. The van der Waals surface area contributed by atoms with Gasteiger partial charge in [-0.15, -0.1) is 0 Å². The fourth-order valence-corrected chi connectivity index (χ4v) is 4.73. The van der Waals surface area contributed by atoms with Crippen molar-refractivity contribution in [1.82, 2.24) is 29.3 Å². The maximum atomic E-state index is 13.1. The van der Waals surface area contributed by atoms with E-state index in [4.69, 9.17) is 4.98 Å². The fraction of sp³-hybridized carbons (Fsp3) is 0.346. The summed E-state index contributed by atoms with van der Waals surface area (Å²) in [6, 6.07) is 7.49. The standard InChI is InChI=1S/C26H25F3N8O/c1-15-10-31-37(18-8-9-18)22(15)23-30-11-19-25(33-23)36(14-21(38)35(19)3)12-16-4-6-17(7-5-16)24-32-20(13-34(24)2)26(27,28)29/h4-7,10-11,13,18H,8-9,12,14H2,1-3H3. The van der Waals surface area contributed by atoms with Crippen LogP contribution >= 0.6 is 0 Å². The highest BCUT2D eigenvalue weighted by Gasteiger charge is 2.35. The summed E-state index contributed by atoms with van der Waals surface area (Å²) in [5.41, 5.74) is 3.00. The molecular formula is C26H25F3N8O. The molecule has 1 amide bonds. The first-order valence-electron chi connectivity index (χ1n) is 12.2. The van der Waals surface area contributed by atoms with E-state index in [9.17, 15) is 18.0 Å². The molecule has 4 heterocycles. The van der Waals surface area contributed by atoms with Gasteiger partial charge in [0.2, 0.25) is 5.91 Å². The SMILES string of the molecule is Cc1cnn(C2CC2)c1-c1ncc2c(n1)N(Cc1ccc(-c3nc(C(F)(F)F)cn3C)cc1)CC(=O)N2C. The quantitative estimate of drug-likeness (QED) is 0.387. The van der Waals surface area contributed by atoms with Crippen LogP contribution in [0.2, 0.25) is 0 Å². The number of aromatic nitrogens is 6. The third kappa shape index (κ3) is 4.19. The molecule has 12 heteroatoms. The summed E-state index contributed by atoms with van der Waals surface area (Å²) in [5.74, 6) is 1.34. The van der Waals surface area contributed by atoms with E-state index in [0.717, 1.165) is 35.9 Å². The number of carbonyl (C=O) groups excluding carboxylic acids is 1. The number of alkyl halides is 3. The molecule has 196 valence electrons. The molecule has 9 nitrogen and oxygen atoms in total. The van der Waals surface area contributed by atoms with Crippen LogP contribution in [0.3, 0.4) is 0 Å². The monoisotopic (exact) mass is 522 g/mol. The van der Waals surface area contributed by atoms with Crippen LogP contribution in [0.4, 0.5) is 24.7 Å².